The summed E-state index contributed by atoms with van der Waals surface area (Å²) in [5, 5.41) is 11.6. The SMILES string of the molecule is O=C([O-])c1ccc2c(c1)CCCC(C1=C[C@@H]3CCC[C@@H]3C1)=C2c1ccc(CC2CN(CCCF)C2)cc1.[Na+]. The minimum absolute atomic E-state index is 0. The van der Waals surface area contributed by atoms with Gasteiger partial charge in [-0.2, -0.15) is 0 Å². The molecule has 2 fully saturated rings. The summed E-state index contributed by atoms with van der Waals surface area (Å²) in [4.78, 5) is 13.9. The molecule has 0 unspecified atom stereocenters. The van der Waals surface area contributed by atoms with E-state index in [1.807, 2.05) is 12.1 Å². The smallest absolute Gasteiger partial charge is 0.545 e. The molecule has 5 heteroatoms. The fourth-order valence-corrected chi connectivity index (χ4v) is 7.35. The maximum atomic E-state index is 12.4. The summed E-state index contributed by atoms with van der Waals surface area (Å²) in [5.41, 5.74) is 9.49. The van der Waals surface area contributed by atoms with Crippen LogP contribution in [0.5, 0.6) is 0 Å². The molecule has 0 bridgehead atoms. The van der Waals surface area contributed by atoms with E-state index in [0.717, 1.165) is 62.7 Å². The number of carbonyl (C=O) groups excluding carboxylic acids is 1. The molecule has 3 aliphatic carbocycles. The molecule has 2 atom stereocenters. The summed E-state index contributed by atoms with van der Waals surface area (Å²) >= 11 is 0. The molecule has 0 aromatic heterocycles. The van der Waals surface area contributed by atoms with Crippen molar-refractivity contribution in [1.29, 1.82) is 0 Å². The van der Waals surface area contributed by atoms with Crippen molar-refractivity contribution in [3.63, 3.8) is 0 Å². The average Bonchev–Trinajstić information content (AvgIpc) is 3.43. The van der Waals surface area contributed by atoms with Gasteiger partial charge in [-0.25, -0.2) is 0 Å². The summed E-state index contributed by atoms with van der Waals surface area (Å²) < 4.78 is 12.4. The van der Waals surface area contributed by atoms with Gasteiger partial charge < -0.3 is 14.8 Å². The van der Waals surface area contributed by atoms with Crippen molar-refractivity contribution >= 4 is 11.5 Å². The fraction of sp³-hybridized carbons (Fsp3) is 0.485. The first-order valence-corrected chi connectivity index (χ1v) is 14.3. The molecule has 0 amide bonds. The van der Waals surface area contributed by atoms with Crippen LogP contribution in [0.25, 0.3) is 5.57 Å². The number of nitrogens with zero attached hydrogens (tertiary/aromatic N) is 1. The van der Waals surface area contributed by atoms with E-state index in [2.05, 4.69) is 35.2 Å². The van der Waals surface area contributed by atoms with Gasteiger partial charge in [-0.05, 0) is 120 Å². The van der Waals surface area contributed by atoms with Gasteiger partial charge in [-0.1, -0.05) is 48.9 Å². The van der Waals surface area contributed by atoms with Crippen LogP contribution >= 0.6 is 0 Å². The summed E-state index contributed by atoms with van der Waals surface area (Å²) in [7, 11) is 0. The monoisotopic (exact) mass is 521 g/mol. The number of alkyl halides is 1. The molecule has 1 saturated heterocycles. The second kappa shape index (κ2) is 12.2. The quantitative estimate of drug-likeness (QED) is 0.502. The number of rotatable bonds is 8. The molecule has 1 aliphatic heterocycles. The van der Waals surface area contributed by atoms with E-state index in [9.17, 15) is 14.3 Å². The van der Waals surface area contributed by atoms with Crippen molar-refractivity contribution in [2.45, 2.75) is 57.8 Å². The van der Waals surface area contributed by atoms with E-state index in [-0.39, 0.29) is 41.8 Å². The van der Waals surface area contributed by atoms with Crippen LogP contribution in [0.15, 0.2) is 59.7 Å². The van der Waals surface area contributed by atoms with Gasteiger partial charge in [0.05, 0.1) is 12.6 Å². The largest absolute Gasteiger partial charge is 1.00 e. The number of fused-ring (bicyclic) bond motifs is 2. The van der Waals surface area contributed by atoms with E-state index < -0.39 is 5.97 Å². The fourth-order valence-electron chi connectivity index (χ4n) is 7.35. The van der Waals surface area contributed by atoms with E-state index in [1.165, 1.54) is 59.1 Å². The summed E-state index contributed by atoms with van der Waals surface area (Å²) in [6.07, 6.45) is 12.5. The molecule has 2 aromatic rings. The summed E-state index contributed by atoms with van der Waals surface area (Å²) in [6, 6.07) is 14.7. The number of benzene rings is 2. The first kappa shape index (κ1) is 27.8. The first-order chi connectivity index (χ1) is 18.1. The molecule has 3 nitrogen and oxygen atoms in total. The maximum absolute atomic E-state index is 12.4. The van der Waals surface area contributed by atoms with Crippen molar-refractivity contribution in [2.24, 2.45) is 17.8 Å². The minimum atomic E-state index is -1.10. The van der Waals surface area contributed by atoms with Crippen LogP contribution in [0.3, 0.4) is 0 Å². The van der Waals surface area contributed by atoms with Crippen molar-refractivity contribution in [2.75, 3.05) is 26.3 Å². The number of likely N-dealkylation sites (tertiary alicyclic amines) is 1. The number of aromatic carboxylic acids is 1. The Kier molecular flexibility index (Phi) is 8.94. The van der Waals surface area contributed by atoms with Crippen LogP contribution in [0.4, 0.5) is 4.39 Å². The van der Waals surface area contributed by atoms with Crippen molar-refractivity contribution in [3.8, 4) is 0 Å². The van der Waals surface area contributed by atoms with Gasteiger partial charge in [0.2, 0.25) is 0 Å². The molecule has 1 saturated carbocycles. The number of aryl methyl sites for hydroxylation is 1. The standard InChI is InChI=1S/C33H38FNO2.Na/c34-14-3-15-35-20-23(21-35)16-22-8-10-24(11-9-22)32-30(29-17-25-4-1-5-26(25)18-29)7-2-6-27-19-28(33(36)37)12-13-31(27)32;/h8-13,17,19,23,25-26H,1-7,14-16,18,20-21H2,(H,36,37);/q;+1/p-1/t25-,26+;/m0./s1. The van der Waals surface area contributed by atoms with Crippen LogP contribution in [0, 0.1) is 17.8 Å². The number of allylic oxidation sites excluding steroid dienone is 3. The Labute approximate surface area is 248 Å². The van der Waals surface area contributed by atoms with Gasteiger partial charge in [-0.15, -0.1) is 0 Å². The molecule has 4 aliphatic rings. The maximum Gasteiger partial charge on any atom is 1.00 e. The third-order valence-electron chi connectivity index (χ3n) is 9.20. The van der Waals surface area contributed by atoms with Gasteiger partial charge in [0.15, 0.2) is 0 Å². The van der Waals surface area contributed by atoms with Crippen molar-refractivity contribution in [3.05, 3.63) is 87.5 Å². The minimum Gasteiger partial charge on any atom is -0.545 e. The summed E-state index contributed by atoms with van der Waals surface area (Å²) in [5.74, 6) is 1.10. The Morgan fingerprint density at radius 3 is 2.58 bits per heavy atom. The van der Waals surface area contributed by atoms with E-state index in [0.29, 0.717) is 12.3 Å². The van der Waals surface area contributed by atoms with Crippen LogP contribution in [-0.4, -0.2) is 37.2 Å². The molecular formula is C33H37FNNaO2. The number of hydrogen-bond acceptors (Lipinski definition) is 3. The molecule has 2 aromatic carbocycles. The molecule has 0 radical (unpaired) electrons. The Bertz CT molecular complexity index is 1230. The molecule has 0 N–H and O–H groups in total. The Morgan fingerprint density at radius 2 is 1.84 bits per heavy atom. The Balaban J connectivity index is 0.00000294. The number of halogens is 1. The number of hydrogen-bond donors (Lipinski definition) is 0. The Hall–Kier alpha value is -1.72. The molecule has 1 heterocycles. The van der Waals surface area contributed by atoms with Gasteiger partial charge in [-0.3, -0.25) is 4.39 Å². The van der Waals surface area contributed by atoms with Crippen LogP contribution in [0.1, 0.15) is 77.6 Å². The molecule has 194 valence electrons. The third kappa shape index (κ3) is 5.75. The van der Waals surface area contributed by atoms with Crippen LogP contribution in [-0.2, 0) is 12.8 Å². The molecule has 6 rings (SSSR count). The van der Waals surface area contributed by atoms with Gasteiger partial charge in [0.1, 0.15) is 0 Å². The number of carboxylic acid groups (broad SMARTS) is 1. The topological polar surface area (TPSA) is 43.4 Å². The van der Waals surface area contributed by atoms with Gasteiger partial charge in [0.25, 0.3) is 0 Å². The number of carboxylic acids is 1. The zero-order chi connectivity index (χ0) is 25.4. The van der Waals surface area contributed by atoms with Crippen LogP contribution < -0.4 is 34.7 Å². The van der Waals surface area contributed by atoms with E-state index in [1.54, 1.807) is 6.07 Å². The van der Waals surface area contributed by atoms with Crippen LogP contribution in [0.2, 0.25) is 0 Å². The van der Waals surface area contributed by atoms with Gasteiger partial charge in [0, 0.05) is 19.6 Å². The summed E-state index contributed by atoms with van der Waals surface area (Å²) in [6.45, 7) is 2.79. The second-order valence-electron chi connectivity index (χ2n) is 11.7. The normalized spacial score (nSPS) is 23.2. The van der Waals surface area contributed by atoms with E-state index >= 15 is 0 Å². The zero-order valence-corrected chi connectivity index (χ0v) is 24.7. The van der Waals surface area contributed by atoms with E-state index in [4.69, 9.17) is 0 Å². The Morgan fingerprint density at radius 1 is 1.03 bits per heavy atom. The average molecular weight is 522 g/mol. The molecule has 38 heavy (non-hydrogen) atoms. The predicted octanol–water partition coefficient (Wildman–Crippen LogP) is 2.77. The predicted molar refractivity (Wildman–Crippen MR) is 144 cm³/mol. The zero-order valence-electron chi connectivity index (χ0n) is 22.7. The third-order valence-corrected chi connectivity index (χ3v) is 9.20. The molecular weight excluding hydrogens is 484 g/mol. The van der Waals surface area contributed by atoms with Gasteiger partial charge >= 0.3 is 29.6 Å². The van der Waals surface area contributed by atoms with Crippen molar-refractivity contribution < 1.29 is 43.8 Å². The second-order valence-corrected chi connectivity index (χ2v) is 11.7. The first-order valence-electron chi connectivity index (χ1n) is 14.3. The van der Waals surface area contributed by atoms with Crippen molar-refractivity contribution in [1.82, 2.24) is 4.90 Å². The molecule has 0 spiro atoms. The number of carbonyl (C=O) groups is 1.